The van der Waals surface area contributed by atoms with Crippen LogP contribution in [-0.4, -0.2) is 62.6 Å². The van der Waals surface area contributed by atoms with Gasteiger partial charge in [0.25, 0.3) is 0 Å². The third-order valence-corrected chi connectivity index (χ3v) is 10.1. The van der Waals surface area contributed by atoms with Crippen molar-refractivity contribution < 1.29 is 46.9 Å². The Kier molecular flexibility index (Phi) is 14.5. The van der Waals surface area contributed by atoms with Crippen molar-refractivity contribution in [3.63, 3.8) is 0 Å². The van der Waals surface area contributed by atoms with E-state index in [-0.39, 0.29) is 66.2 Å². The zero-order valence-corrected chi connectivity index (χ0v) is 35.3. The van der Waals surface area contributed by atoms with Crippen LogP contribution < -0.4 is 29.6 Å². The van der Waals surface area contributed by atoms with Crippen LogP contribution in [0.25, 0.3) is 10.8 Å². The van der Waals surface area contributed by atoms with E-state index in [1.165, 1.54) is 14.2 Å². The van der Waals surface area contributed by atoms with Gasteiger partial charge in [-0.25, -0.2) is 13.2 Å². The third-order valence-electron chi connectivity index (χ3n) is 9.51. The normalized spacial score (nSPS) is 11.4. The van der Waals surface area contributed by atoms with E-state index >= 15 is 0 Å². The number of ketones is 2. The molecule has 0 bridgehead atoms. The van der Waals surface area contributed by atoms with Crippen molar-refractivity contribution in [1.29, 1.82) is 0 Å². The number of ether oxygens (including phenoxy) is 3. The Morgan fingerprint density at radius 3 is 2.10 bits per heavy atom. The van der Waals surface area contributed by atoms with E-state index < -0.39 is 22.0 Å². The number of anilines is 3. The summed E-state index contributed by atoms with van der Waals surface area (Å²) in [5.41, 5.74) is 3.35. The molecule has 0 aliphatic heterocycles. The summed E-state index contributed by atoms with van der Waals surface area (Å²) in [5.74, 6) is 0.497. The molecule has 60 heavy (non-hydrogen) atoms. The monoisotopic (exact) mass is 838 g/mol. The number of nitrogens with zero attached hydrogens (tertiary/aromatic N) is 1. The number of amides is 2. The lowest BCUT2D eigenvalue weighted by molar-refractivity contribution is -0.137. The minimum Gasteiger partial charge on any atom is -0.496 e. The molecule has 1 aromatic heterocycles. The Bertz CT molecular complexity index is 2510. The molecule has 0 fully saturated rings. The van der Waals surface area contributed by atoms with Crippen LogP contribution in [0.5, 0.6) is 23.0 Å². The van der Waals surface area contributed by atoms with Gasteiger partial charge in [-0.1, -0.05) is 51.1 Å². The van der Waals surface area contributed by atoms with Crippen LogP contribution >= 0.6 is 0 Å². The van der Waals surface area contributed by atoms with Crippen LogP contribution in [0.2, 0.25) is 0 Å². The van der Waals surface area contributed by atoms with Crippen molar-refractivity contribution in [2.75, 3.05) is 35.8 Å². The quantitative estimate of drug-likeness (QED) is 0.0578. The van der Waals surface area contributed by atoms with Crippen LogP contribution in [0.15, 0.2) is 85.1 Å². The molecule has 0 saturated carbocycles. The Morgan fingerprint density at radius 2 is 1.43 bits per heavy atom. The lowest BCUT2D eigenvalue weighted by Gasteiger charge is -2.24. The highest BCUT2D eigenvalue weighted by molar-refractivity contribution is 7.92. The van der Waals surface area contributed by atoms with E-state index in [2.05, 4.69) is 20.3 Å². The second kappa shape index (κ2) is 19.5. The van der Waals surface area contributed by atoms with Crippen molar-refractivity contribution in [3.8, 4) is 23.0 Å². The number of nitrogens with one attached hydrogen (secondary N) is 3. The molecular formula is C45H50N4O10S. The number of pyridine rings is 1. The number of hydrogen-bond donors (Lipinski definition) is 4. The highest BCUT2D eigenvalue weighted by atomic mass is 32.2. The maximum Gasteiger partial charge on any atom is 0.323 e. The highest BCUT2D eigenvalue weighted by Crippen LogP contribution is 2.40. The Balaban J connectivity index is 1.28. The molecule has 15 heteroatoms. The second-order valence-electron chi connectivity index (χ2n) is 15.3. The number of urea groups is 1. The number of Topliss-reactive ketones (excluding diaryl/α,β-unsaturated/α-hetero) is 2. The van der Waals surface area contributed by atoms with E-state index in [4.69, 9.17) is 19.3 Å². The number of carbonyl (C=O) groups excluding carboxylic acids is 3. The number of fused-ring (bicyclic) bond motifs is 1. The Labute approximate surface area is 349 Å². The van der Waals surface area contributed by atoms with Gasteiger partial charge in [0.05, 0.1) is 43.1 Å². The van der Waals surface area contributed by atoms with E-state index in [0.29, 0.717) is 52.4 Å². The van der Waals surface area contributed by atoms with Gasteiger partial charge < -0.3 is 30.0 Å². The number of methoxy groups -OCH3 is 2. The minimum absolute atomic E-state index is 0.0560. The SMILES string of the molecule is COc1cc(Cc2cc(Oc3ccc(NC(=O)Nc4cc(C(C)(C)C)cc(NS(C)(=O)=O)c4OC)c4ccccc34)ccn2)ccc1C(=O)CCCC(=O)CCCC(=O)O. The van der Waals surface area contributed by atoms with Crippen molar-refractivity contribution in [2.45, 2.75) is 71.1 Å². The number of benzene rings is 4. The summed E-state index contributed by atoms with van der Waals surface area (Å²) in [4.78, 5) is 53.8. The molecule has 1 heterocycles. The molecule has 4 N–H and O–H groups in total. The zero-order chi connectivity index (χ0) is 43.6. The van der Waals surface area contributed by atoms with Gasteiger partial charge in [0.2, 0.25) is 10.0 Å². The molecular weight excluding hydrogens is 789 g/mol. The summed E-state index contributed by atoms with van der Waals surface area (Å²) in [6.45, 7) is 5.92. The van der Waals surface area contributed by atoms with Gasteiger partial charge in [0.1, 0.15) is 23.0 Å². The molecule has 14 nitrogen and oxygen atoms in total. The van der Waals surface area contributed by atoms with E-state index in [1.807, 2.05) is 57.2 Å². The molecule has 5 rings (SSSR count). The first-order chi connectivity index (χ1) is 28.4. The molecule has 0 unspecified atom stereocenters. The molecule has 0 aliphatic carbocycles. The Hall–Kier alpha value is -6.48. The predicted octanol–water partition coefficient (Wildman–Crippen LogP) is 9.13. The third kappa shape index (κ3) is 12.3. The maximum atomic E-state index is 13.5. The molecule has 4 aromatic carbocycles. The molecule has 0 radical (unpaired) electrons. The Morgan fingerprint density at radius 1 is 0.750 bits per heavy atom. The zero-order valence-electron chi connectivity index (χ0n) is 34.5. The number of sulfonamides is 1. The lowest BCUT2D eigenvalue weighted by atomic mass is 9.86. The predicted molar refractivity (Wildman–Crippen MR) is 232 cm³/mol. The number of carboxylic acid groups (broad SMARTS) is 1. The lowest BCUT2D eigenvalue weighted by Crippen LogP contribution is -2.22. The van der Waals surface area contributed by atoms with Crippen LogP contribution in [-0.2, 0) is 31.4 Å². The fraction of sp³-hybridized carbons (Fsp3) is 0.311. The average molecular weight is 839 g/mol. The summed E-state index contributed by atoms with van der Waals surface area (Å²) < 4.78 is 44.3. The summed E-state index contributed by atoms with van der Waals surface area (Å²) in [6.07, 6.45) is 4.26. The number of aromatic nitrogens is 1. The largest absolute Gasteiger partial charge is 0.496 e. The number of carbonyl (C=O) groups is 4. The summed E-state index contributed by atoms with van der Waals surface area (Å²) >= 11 is 0. The van der Waals surface area contributed by atoms with Gasteiger partial charge in [-0.3, -0.25) is 24.1 Å². The fourth-order valence-corrected chi connectivity index (χ4v) is 7.12. The van der Waals surface area contributed by atoms with Gasteiger partial charge in [0.15, 0.2) is 11.5 Å². The van der Waals surface area contributed by atoms with Gasteiger partial charge in [-0.15, -0.1) is 0 Å². The van der Waals surface area contributed by atoms with Crippen molar-refractivity contribution in [2.24, 2.45) is 0 Å². The first kappa shape index (κ1) is 44.6. The van der Waals surface area contributed by atoms with Gasteiger partial charge in [-0.05, 0) is 71.8 Å². The second-order valence-corrected chi connectivity index (χ2v) is 17.1. The molecule has 5 aromatic rings. The van der Waals surface area contributed by atoms with Gasteiger partial charge in [-0.2, -0.15) is 0 Å². The van der Waals surface area contributed by atoms with Crippen LogP contribution in [0.1, 0.15) is 86.5 Å². The smallest absolute Gasteiger partial charge is 0.323 e. The molecule has 2 amide bonds. The topological polar surface area (TPSA) is 199 Å². The van der Waals surface area contributed by atoms with Crippen LogP contribution in [0.3, 0.4) is 0 Å². The number of carboxylic acids is 1. The van der Waals surface area contributed by atoms with Gasteiger partial charge in [0, 0.05) is 60.8 Å². The molecule has 0 aliphatic rings. The summed E-state index contributed by atoms with van der Waals surface area (Å²) in [7, 11) is -0.766. The fourth-order valence-electron chi connectivity index (χ4n) is 6.57. The first-order valence-corrected chi connectivity index (χ1v) is 21.2. The number of hydrogen-bond acceptors (Lipinski definition) is 10. The maximum absolute atomic E-state index is 13.5. The van der Waals surface area contributed by atoms with Crippen LogP contribution in [0, 0.1) is 0 Å². The first-order valence-electron chi connectivity index (χ1n) is 19.3. The standard InChI is InChI=1S/C45H50N4O10S/c1-45(2,3)29-25-37(43(58-5)38(26-29)49-60(6,55)56)48-44(54)47-36-19-20-40(34-14-8-7-13-33(34)36)59-32-21-22-46-30(27-32)23-28-17-18-35(41(24-28)57-4)39(51)15-9-11-31(50)12-10-16-42(52)53/h7-8,13-14,17-22,24-27,49H,9-12,15-16,23H2,1-6H3,(H,52,53)(H2,47,48,54). The van der Waals surface area contributed by atoms with Gasteiger partial charge >= 0.3 is 12.0 Å². The summed E-state index contributed by atoms with van der Waals surface area (Å²) in [5, 5.41) is 15.9. The summed E-state index contributed by atoms with van der Waals surface area (Å²) in [6, 6.07) is 22.7. The van der Waals surface area contributed by atoms with Crippen molar-refractivity contribution >= 4 is 61.4 Å². The molecule has 0 spiro atoms. The van der Waals surface area contributed by atoms with E-state index in [1.54, 1.807) is 48.7 Å². The van der Waals surface area contributed by atoms with Crippen LogP contribution in [0.4, 0.5) is 21.9 Å². The van der Waals surface area contributed by atoms with E-state index in [0.717, 1.165) is 22.8 Å². The van der Waals surface area contributed by atoms with Crippen molar-refractivity contribution in [1.82, 2.24) is 4.98 Å². The molecule has 0 atom stereocenters. The van der Waals surface area contributed by atoms with Crippen molar-refractivity contribution in [3.05, 3.63) is 107 Å². The molecule has 0 saturated heterocycles. The molecule has 316 valence electrons. The minimum atomic E-state index is -3.65. The highest BCUT2D eigenvalue weighted by Gasteiger charge is 2.23. The number of aliphatic carboxylic acids is 1. The van der Waals surface area contributed by atoms with E-state index in [9.17, 15) is 27.6 Å². The number of rotatable bonds is 19. The average Bonchev–Trinajstić information content (AvgIpc) is 3.17.